The molecule has 1 rings (SSSR count). The number of allylic oxidation sites excluding steroid dienone is 11. The van der Waals surface area contributed by atoms with E-state index >= 15 is 0 Å². The Morgan fingerprint density at radius 2 is 0.759 bits per heavy atom. The molecule has 0 spiro atoms. The van der Waals surface area contributed by atoms with Crippen molar-refractivity contribution in [1.29, 1.82) is 0 Å². The van der Waals surface area contributed by atoms with Crippen LogP contribution >= 0.6 is 0 Å². The molecule has 79 heavy (non-hydrogen) atoms. The predicted octanol–water partition coefficient (Wildman–Crippen LogP) is 18.0. The standard InChI is InChI=1S/C70H127NO8/c1-3-5-7-9-11-13-15-17-19-21-23-25-26-27-28-29-30-31-32-33-34-35-36-37-38-40-42-44-46-48-50-52-54-56-58-60-66(74)71-63(62-78-70-69(77)68(76)67(75)65(61-72)79-70)64(73)59-57-55-53-51-49-47-45-43-41-39-24-22-20-18-16-14-12-10-8-6-4-2/h15,17,21,23,26-27,41,43,49,51,57,59,63-65,67-70,72-73,75-77H,3-14,16,18-20,22,24-25,28-40,42,44-48,50,52-56,58,60-62H2,1-2H3,(H,71,74)/b17-15-,23-21-,27-26-,43-41+,51-49+,59-57+. The first kappa shape index (κ1) is 74.6. The van der Waals surface area contributed by atoms with Crippen molar-refractivity contribution < 1.29 is 39.8 Å². The van der Waals surface area contributed by atoms with Crippen molar-refractivity contribution in [2.24, 2.45) is 0 Å². The van der Waals surface area contributed by atoms with Gasteiger partial charge >= 0.3 is 0 Å². The van der Waals surface area contributed by atoms with Crippen molar-refractivity contribution in [3.05, 3.63) is 72.9 Å². The van der Waals surface area contributed by atoms with Gasteiger partial charge in [-0.1, -0.05) is 292 Å². The van der Waals surface area contributed by atoms with Gasteiger partial charge in [0.2, 0.25) is 5.91 Å². The van der Waals surface area contributed by atoms with Gasteiger partial charge in [0, 0.05) is 6.42 Å². The lowest BCUT2D eigenvalue weighted by Crippen LogP contribution is -2.60. The predicted molar refractivity (Wildman–Crippen MR) is 336 cm³/mol. The van der Waals surface area contributed by atoms with Gasteiger partial charge in [-0.2, -0.15) is 0 Å². The summed E-state index contributed by atoms with van der Waals surface area (Å²) in [5.41, 5.74) is 0. The maximum atomic E-state index is 13.1. The fraction of sp³-hybridized carbons (Fsp3) is 0.814. The van der Waals surface area contributed by atoms with Gasteiger partial charge < -0.3 is 40.3 Å². The third kappa shape index (κ3) is 47.8. The quantitative estimate of drug-likeness (QED) is 0.0261. The van der Waals surface area contributed by atoms with Crippen molar-refractivity contribution in [3.8, 4) is 0 Å². The summed E-state index contributed by atoms with van der Waals surface area (Å²) in [6.07, 6.45) is 75.7. The highest BCUT2D eigenvalue weighted by Gasteiger charge is 2.44. The summed E-state index contributed by atoms with van der Waals surface area (Å²) < 4.78 is 11.3. The molecule has 0 saturated carbocycles. The van der Waals surface area contributed by atoms with Gasteiger partial charge in [-0.3, -0.25) is 4.79 Å². The second-order valence-corrected chi connectivity index (χ2v) is 23.2. The van der Waals surface area contributed by atoms with Crippen LogP contribution in [0.1, 0.15) is 309 Å². The summed E-state index contributed by atoms with van der Waals surface area (Å²) in [5, 5.41) is 54.6. The number of nitrogens with one attached hydrogen (secondary N) is 1. The van der Waals surface area contributed by atoms with Crippen LogP contribution in [0.2, 0.25) is 0 Å². The van der Waals surface area contributed by atoms with Crippen molar-refractivity contribution in [1.82, 2.24) is 5.32 Å². The van der Waals surface area contributed by atoms with Gasteiger partial charge in [0.25, 0.3) is 0 Å². The molecule has 0 aromatic carbocycles. The third-order valence-corrected chi connectivity index (χ3v) is 15.7. The maximum Gasteiger partial charge on any atom is 0.220 e. The Hall–Kier alpha value is -2.37. The number of ether oxygens (including phenoxy) is 2. The topological polar surface area (TPSA) is 149 Å². The third-order valence-electron chi connectivity index (χ3n) is 15.7. The number of hydrogen-bond acceptors (Lipinski definition) is 8. The zero-order chi connectivity index (χ0) is 57.2. The van der Waals surface area contributed by atoms with Crippen LogP contribution in [0.25, 0.3) is 0 Å². The first-order chi connectivity index (χ1) is 38.8. The smallest absolute Gasteiger partial charge is 0.220 e. The molecule has 9 nitrogen and oxygen atoms in total. The summed E-state index contributed by atoms with van der Waals surface area (Å²) in [6, 6.07) is -0.831. The van der Waals surface area contributed by atoms with E-state index in [1.165, 1.54) is 231 Å². The van der Waals surface area contributed by atoms with Crippen LogP contribution in [0, 0.1) is 0 Å². The lowest BCUT2D eigenvalue weighted by molar-refractivity contribution is -0.302. The van der Waals surface area contributed by atoms with Crippen LogP contribution in [0.5, 0.6) is 0 Å². The van der Waals surface area contributed by atoms with E-state index < -0.39 is 49.5 Å². The highest BCUT2D eigenvalue weighted by molar-refractivity contribution is 5.76. The second-order valence-electron chi connectivity index (χ2n) is 23.2. The molecule has 0 aromatic heterocycles. The van der Waals surface area contributed by atoms with Gasteiger partial charge in [0.1, 0.15) is 24.4 Å². The maximum absolute atomic E-state index is 13.1. The Morgan fingerprint density at radius 1 is 0.430 bits per heavy atom. The molecule has 1 heterocycles. The molecule has 0 bridgehead atoms. The summed E-state index contributed by atoms with van der Waals surface area (Å²) >= 11 is 0. The van der Waals surface area contributed by atoms with Gasteiger partial charge in [-0.15, -0.1) is 0 Å². The number of rotatable bonds is 58. The monoisotopic (exact) mass is 1110 g/mol. The second kappa shape index (κ2) is 58.8. The van der Waals surface area contributed by atoms with E-state index in [-0.39, 0.29) is 12.5 Å². The molecule has 460 valence electrons. The van der Waals surface area contributed by atoms with E-state index in [2.05, 4.69) is 79.9 Å². The summed E-state index contributed by atoms with van der Waals surface area (Å²) in [5.74, 6) is -0.188. The van der Waals surface area contributed by atoms with Gasteiger partial charge in [-0.05, 0) is 83.5 Å². The highest BCUT2D eigenvalue weighted by Crippen LogP contribution is 2.23. The van der Waals surface area contributed by atoms with Crippen LogP contribution in [0.15, 0.2) is 72.9 Å². The molecule has 1 aliphatic heterocycles. The highest BCUT2D eigenvalue weighted by atomic mass is 16.7. The van der Waals surface area contributed by atoms with E-state index in [1.807, 2.05) is 6.08 Å². The lowest BCUT2D eigenvalue weighted by atomic mass is 9.99. The number of hydrogen-bond donors (Lipinski definition) is 6. The van der Waals surface area contributed by atoms with Crippen LogP contribution < -0.4 is 5.32 Å². The minimum Gasteiger partial charge on any atom is -0.394 e. The van der Waals surface area contributed by atoms with E-state index in [0.29, 0.717) is 6.42 Å². The average molecular weight is 1110 g/mol. The van der Waals surface area contributed by atoms with Gasteiger partial charge in [0.15, 0.2) is 6.29 Å². The first-order valence-corrected chi connectivity index (χ1v) is 33.7. The van der Waals surface area contributed by atoms with E-state index in [1.54, 1.807) is 6.08 Å². The number of carbonyl (C=O) groups excluding carboxylic acids is 1. The average Bonchev–Trinajstić information content (AvgIpc) is 3.47. The van der Waals surface area contributed by atoms with Crippen molar-refractivity contribution in [3.63, 3.8) is 0 Å². The van der Waals surface area contributed by atoms with Gasteiger partial charge in [-0.25, -0.2) is 0 Å². The van der Waals surface area contributed by atoms with Crippen LogP contribution in [-0.4, -0.2) is 87.5 Å². The van der Waals surface area contributed by atoms with Crippen molar-refractivity contribution in [2.45, 2.75) is 352 Å². The number of unbranched alkanes of at least 4 members (excludes halogenated alkanes) is 38. The fourth-order valence-corrected chi connectivity index (χ4v) is 10.4. The number of carbonyl (C=O) groups is 1. The molecule has 1 aliphatic rings. The molecular weight excluding hydrogens is 983 g/mol. The minimum absolute atomic E-state index is 0.188. The molecule has 1 amide bonds. The molecule has 0 aliphatic carbocycles. The Kier molecular flexibility index (Phi) is 55.6. The van der Waals surface area contributed by atoms with Crippen molar-refractivity contribution in [2.75, 3.05) is 13.2 Å². The Labute approximate surface area is 487 Å². The molecular formula is C70H127NO8. The minimum atomic E-state index is -1.58. The number of aliphatic hydroxyl groups excluding tert-OH is 5. The summed E-state index contributed by atoms with van der Waals surface area (Å²) in [7, 11) is 0. The molecule has 7 atom stereocenters. The Bertz CT molecular complexity index is 1470. The molecule has 1 fully saturated rings. The van der Waals surface area contributed by atoms with E-state index in [0.717, 1.165) is 57.8 Å². The zero-order valence-electron chi connectivity index (χ0n) is 51.4. The molecule has 9 heteroatoms. The number of amides is 1. The summed E-state index contributed by atoms with van der Waals surface area (Å²) in [4.78, 5) is 13.1. The normalized spacial score (nSPS) is 19.0. The Morgan fingerprint density at radius 3 is 1.15 bits per heavy atom. The molecule has 7 unspecified atom stereocenters. The fourth-order valence-electron chi connectivity index (χ4n) is 10.4. The SMILES string of the molecule is CCCCCCC/C=C\C/C=C\C/C=C\CCCCCCCCCCCCCCCCCCCCCCC(=O)NC(COC1OC(CO)C(O)C(O)C1O)C(O)/C=C/CC/C=C/CC/C=C/CCCCCCCCCCCCC. The lowest BCUT2D eigenvalue weighted by Gasteiger charge is -2.40. The van der Waals surface area contributed by atoms with E-state index in [9.17, 15) is 30.3 Å². The molecule has 6 N–H and O–H groups in total. The van der Waals surface area contributed by atoms with E-state index in [4.69, 9.17) is 9.47 Å². The van der Waals surface area contributed by atoms with Crippen LogP contribution in [0.3, 0.4) is 0 Å². The zero-order valence-corrected chi connectivity index (χ0v) is 51.4. The van der Waals surface area contributed by atoms with Gasteiger partial charge in [0.05, 0.1) is 25.4 Å². The largest absolute Gasteiger partial charge is 0.394 e. The molecule has 0 radical (unpaired) electrons. The Balaban J connectivity index is 2.14. The van der Waals surface area contributed by atoms with Crippen LogP contribution in [0.4, 0.5) is 0 Å². The van der Waals surface area contributed by atoms with Crippen LogP contribution in [-0.2, 0) is 14.3 Å². The first-order valence-electron chi connectivity index (χ1n) is 33.7. The number of aliphatic hydroxyl groups is 5. The summed E-state index contributed by atoms with van der Waals surface area (Å²) in [6.45, 7) is 3.77. The van der Waals surface area contributed by atoms with Crippen molar-refractivity contribution >= 4 is 5.91 Å². The molecule has 0 aromatic rings. The molecule has 1 saturated heterocycles.